The lowest BCUT2D eigenvalue weighted by Gasteiger charge is -2.08. The average Bonchev–Trinajstić information content (AvgIpc) is 2.66. The van der Waals surface area contributed by atoms with Crippen molar-refractivity contribution in [3.8, 4) is 0 Å². The zero-order chi connectivity index (χ0) is 10.8. The first-order chi connectivity index (χ1) is 7.16. The van der Waals surface area contributed by atoms with Crippen molar-refractivity contribution in [2.45, 2.75) is 19.8 Å². The van der Waals surface area contributed by atoms with E-state index < -0.39 is 0 Å². The van der Waals surface area contributed by atoms with E-state index in [2.05, 4.69) is 25.9 Å². The van der Waals surface area contributed by atoms with Crippen molar-refractivity contribution in [3.05, 3.63) is 16.0 Å². The van der Waals surface area contributed by atoms with E-state index in [1.807, 2.05) is 6.92 Å². The van der Waals surface area contributed by atoms with Gasteiger partial charge in [0.15, 0.2) is 0 Å². The average molecular weight is 272 g/mol. The number of anilines is 1. The SMILES string of the molecule is Cc1nc(CC2CCOC2)nc(N)c1Br. The molecule has 1 aliphatic heterocycles. The van der Waals surface area contributed by atoms with E-state index >= 15 is 0 Å². The molecule has 0 radical (unpaired) electrons. The molecular weight excluding hydrogens is 258 g/mol. The van der Waals surface area contributed by atoms with Gasteiger partial charge in [-0.2, -0.15) is 0 Å². The fourth-order valence-electron chi connectivity index (χ4n) is 1.73. The Kier molecular flexibility index (Phi) is 3.21. The number of nitrogens with two attached hydrogens (primary N) is 1. The second kappa shape index (κ2) is 4.45. The number of nitrogen functional groups attached to an aromatic ring is 1. The van der Waals surface area contributed by atoms with Crippen LogP contribution in [0.25, 0.3) is 0 Å². The summed E-state index contributed by atoms with van der Waals surface area (Å²) in [6.07, 6.45) is 1.96. The summed E-state index contributed by atoms with van der Waals surface area (Å²) in [5.74, 6) is 1.89. The van der Waals surface area contributed by atoms with Crippen LogP contribution in [0.3, 0.4) is 0 Å². The molecular formula is C10H14BrN3O. The lowest BCUT2D eigenvalue weighted by atomic mass is 10.0. The first kappa shape index (κ1) is 10.8. The molecule has 0 aliphatic carbocycles. The second-order valence-electron chi connectivity index (χ2n) is 3.86. The van der Waals surface area contributed by atoms with Gasteiger partial charge in [0.1, 0.15) is 11.6 Å². The Morgan fingerprint density at radius 1 is 1.53 bits per heavy atom. The smallest absolute Gasteiger partial charge is 0.141 e. The molecule has 82 valence electrons. The minimum atomic E-state index is 0.524. The third kappa shape index (κ3) is 2.46. The molecule has 2 N–H and O–H groups in total. The summed E-state index contributed by atoms with van der Waals surface area (Å²) < 4.78 is 6.12. The molecule has 2 rings (SSSR count). The van der Waals surface area contributed by atoms with Crippen LogP contribution in [0.2, 0.25) is 0 Å². The fraction of sp³-hybridized carbons (Fsp3) is 0.600. The molecule has 0 saturated carbocycles. The molecule has 0 amide bonds. The van der Waals surface area contributed by atoms with Crippen LogP contribution in [0.15, 0.2) is 4.47 Å². The fourth-order valence-corrected chi connectivity index (χ4v) is 1.91. The van der Waals surface area contributed by atoms with Crippen LogP contribution in [-0.2, 0) is 11.2 Å². The van der Waals surface area contributed by atoms with Crippen molar-refractivity contribution in [2.75, 3.05) is 18.9 Å². The van der Waals surface area contributed by atoms with E-state index in [-0.39, 0.29) is 0 Å². The molecule has 5 heteroatoms. The number of hydrogen-bond acceptors (Lipinski definition) is 4. The van der Waals surface area contributed by atoms with Gasteiger partial charge < -0.3 is 10.5 Å². The topological polar surface area (TPSA) is 61.0 Å². The van der Waals surface area contributed by atoms with Gasteiger partial charge in [0.25, 0.3) is 0 Å². The zero-order valence-electron chi connectivity index (χ0n) is 8.66. The lowest BCUT2D eigenvalue weighted by Crippen LogP contribution is -2.10. The predicted octanol–water partition coefficient (Wildman–Crippen LogP) is 1.71. The number of halogens is 1. The maximum atomic E-state index is 5.77. The Balaban J connectivity index is 2.14. The van der Waals surface area contributed by atoms with Crippen molar-refractivity contribution in [1.82, 2.24) is 9.97 Å². The molecule has 1 atom stereocenters. The lowest BCUT2D eigenvalue weighted by molar-refractivity contribution is 0.185. The Morgan fingerprint density at radius 2 is 2.33 bits per heavy atom. The Bertz CT molecular complexity index is 341. The van der Waals surface area contributed by atoms with Gasteiger partial charge in [-0.1, -0.05) is 0 Å². The van der Waals surface area contributed by atoms with Gasteiger partial charge in [0.2, 0.25) is 0 Å². The van der Waals surface area contributed by atoms with E-state index in [9.17, 15) is 0 Å². The summed E-state index contributed by atoms with van der Waals surface area (Å²) >= 11 is 3.35. The highest BCUT2D eigenvalue weighted by molar-refractivity contribution is 9.10. The normalized spacial score (nSPS) is 20.8. The van der Waals surface area contributed by atoms with Gasteiger partial charge in [-0.15, -0.1) is 0 Å². The molecule has 1 unspecified atom stereocenters. The summed E-state index contributed by atoms with van der Waals surface area (Å²) in [6, 6.07) is 0. The van der Waals surface area contributed by atoms with Crippen LogP contribution in [-0.4, -0.2) is 23.2 Å². The summed E-state index contributed by atoms with van der Waals surface area (Å²) in [5, 5.41) is 0. The number of aryl methyl sites for hydroxylation is 1. The van der Waals surface area contributed by atoms with Crippen LogP contribution >= 0.6 is 15.9 Å². The Morgan fingerprint density at radius 3 is 2.93 bits per heavy atom. The van der Waals surface area contributed by atoms with Gasteiger partial charge in [-0.05, 0) is 35.2 Å². The van der Waals surface area contributed by atoms with Crippen molar-refractivity contribution >= 4 is 21.7 Å². The third-order valence-electron chi connectivity index (χ3n) is 2.58. The van der Waals surface area contributed by atoms with E-state index in [0.29, 0.717) is 11.7 Å². The molecule has 1 aromatic rings. The van der Waals surface area contributed by atoms with Crippen LogP contribution in [0.4, 0.5) is 5.82 Å². The minimum Gasteiger partial charge on any atom is -0.383 e. The van der Waals surface area contributed by atoms with Crippen molar-refractivity contribution in [3.63, 3.8) is 0 Å². The molecule has 1 saturated heterocycles. The molecule has 0 aromatic carbocycles. The Labute approximate surface area is 97.4 Å². The van der Waals surface area contributed by atoms with Crippen molar-refractivity contribution < 1.29 is 4.74 Å². The summed E-state index contributed by atoms with van der Waals surface area (Å²) in [5.41, 5.74) is 6.67. The Hall–Kier alpha value is -0.680. The molecule has 1 aliphatic rings. The first-order valence-corrected chi connectivity index (χ1v) is 5.82. The summed E-state index contributed by atoms with van der Waals surface area (Å²) in [7, 11) is 0. The standard InChI is InChI=1S/C10H14BrN3O/c1-6-9(11)10(12)14-8(13-6)4-7-2-3-15-5-7/h7H,2-5H2,1H3,(H2,12,13,14). The largest absolute Gasteiger partial charge is 0.383 e. The van der Waals surface area contributed by atoms with Gasteiger partial charge >= 0.3 is 0 Å². The van der Waals surface area contributed by atoms with E-state index in [1.54, 1.807) is 0 Å². The van der Waals surface area contributed by atoms with E-state index in [4.69, 9.17) is 10.5 Å². The summed E-state index contributed by atoms with van der Waals surface area (Å²) in [6.45, 7) is 3.60. The maximum absolute atomic E-state index is 5.77. The van der Waals surface area contributed by atoms with Crippen LogP contribution in [0.1, 0.15) is 17.9 Å². The number of aromatic nitrogens is 2. The quantitative estimate of drug-likeness (QED) is 0.890. The third-order valence-corrected chi connectivity index (χ3v) is 3.56. The van der Waals surface area contributed by atoms with Crippen molar-refractivity contribution in [1.29, 1.82) is 0 Å². The molecule has 0 bridgehead atoms. The predicted molar refractivity (Wildman–Crippen MR) is 61.5 cm³/mol. The van der Waals surface area contributed by atoms with Crippen LogP contribution in [0.5, 0.6) is 0 Å². The minimum absolute atomic E-state index is 0.524. The van der Waals surface area contributed by atoms with Crippen LogP contribution < -0.4 is 5.73 Å². The van der Waals surface area contributed by atoms with Crippen LogP contribution in [0, 0.1) is 12.8 Å². The number of nitrogens with zero attached hydrogens (tertiary/aromatic N) is 2. The van der Waals surface area contributed by atoms with Gasteiger partial charge in [-0.25, -0.2) is 9.97 Å². The summed E-state index contributed by atoms with van der Waals surface area (Å²) in [4.78, 5) is 8.66. The molecule has 2 heterocycles. The monoisotopic (exact) mass is 271 g/mol. The zero-order valence-corrected chi connectivity index (χ0v) is 10.2. The highest BCUT2D eigenvalue weighted by Gasteiger charge is 2.18. The highest BCUT2D eigenvalue weighted by Crippen LogP contribution is 2.22. The van der Waals surface area contributed by atoms with Gasteiger partial charge in [0.05, 0.1) is 10.2 Å². The first-order valence-electron chi connectivity index (χ1n) is 5.03. The maximum Gasteiger partial charge on any atom is 0.141 e. The molecule has 15 heavy (non-hydrogen) atoms. The molecule has 1 aromatic heterocycles. The van der Waals surface area contributed by atoms with Gasteiger partial charge in [0, 0.05) is 19.6 Å². The number of ether oxygens (including phenoxy) is 1. The highest BCUT2D eigenvalue weighted by atomic mass is 79.9. The number of hydrogen-bond donors (Lipinski definition) is 1. The molecule has 1 fully saturated rings. The second-order valence-corrected chi connectivity index (χ2v) is 4.65. The number of rotatable bonds is 2. The van der Waals surface area contributed by atoms with E-state index in [0.717, 1.165) is 42.0 Å². The molecule has 0 spiro atoms. The van der Waals surface area contributed by atoms with Gasteiger partial charge in [-0.3, -0.25) is 0 Å². The van der Waals surface area contributed by atoms with E-state index in [1.165, 1.54) is 0 Å². The molecule has 4 nitrogen and oxygen atoms in total. The van der Waals surface area contributed by atoms with Crippen molar-refractivity contribution in [2.24, 2.45) is 5.92 Å².